The lowest BCUT2D eigenvalue weighted by molar-refractivity contribution is 0.190. The van der Waals surface area contributed by atoms with Crippen LogP contribution in [0.3, 0.4) is 0 Å². The van der Waals surface area contributed by atoms with Crippen LogP contribution in [0.5, 0.6) is 5.75 Å². The fourth-order valence-electron chi connectivity index (χ4n) is 4.26. The molecular formula is C25H27F2N3O. The minimum atomic E-state index is -0.286. The van der Waals surface area contributed by atoms with Gasteiger partial charge < -0.3 is 10.1 Å². The highest BCUT2D eigenvalue weighted by atomic mass is 19.1. The molecule has 1 aliphatic heterocycles. The summed E-state index contributed by atoms with van der Waals surface area (Å²) in [7, 11) is 1.66. The van der Waals surface area contributed by atoms with Crippen molar-refractivity contribution in [2.24, 2.45) is 0 Å². The third-order valence-corrected chi connectivity index (χ3v) is 6.02. The standard InChI is InChI=1S/C25H27F2N3O/c1-17(19-7-11-21(31-2)12-8-19)30-13-3-4-24(30)22-14-25(29-16-23(22)27)28-15-18-5-9-20(26)10-6-18/h5-12,14,16-17,24H,3-4,13,15H2,1-2H3,(H,28,29)/t17-,24?/m0/s1. The molecule has 2 atom stereocenters. The molecule has 4 nitrogen and oxygen atoms in total. The zero-order chi connectivity index (χ0) is 21.8. The summed E-state index contributed by atoms with van der Waals surface area (Å²) in [4.78, 5) is 6.55. The van der Waals surface area contributed by atoms with Gasteiger partial charge in [-0.1, -0.05) is 24.3 Å². The maximum Gasteiger partial charge on any atom is 0.146 e. The summed E-state index contributed by atoms with van der Waals surface area (Å²) in [6.45, 7) is 3.57. The summed E-state index contributed by atoms with van der Waals surface area (Å²) in [6, 6.07) is 16.3. The maximum atomic E-state index is 14.8. The average Bonchev–Trinajstić information content (AvgIpc) is 3.29. The highest BCUT2D eigenvalue weighted by Crippen LogP contribution is 2.40. The number of rotatable bonds is 7. The van der Waals surface area contributed by atoms with Gasteiger partial charge in [0.05, 0.1) is 13.3 Å². The third kappa shape index (κ3) is 4.85. The first-order valence-electron chi connectivity index (χ1n) is 10.6. The highest BCUT2D eigenvalue weighted by molar-refractivity contribution is 5.41. The fraction of sp³-hybridized carbons (Fsp3) is 0.320. The highest BCUT2D eigenvalue weighted by Gasteiger charge is 2.32. The van der Waals surface area contributed by atoms with E-state index < -0.39 is 0 Å². The molecule has 0 amide bonds. The van der Waals surface area contributed by atoms with E-state index in [4.69, 9.17) is 4.74 Å². The van der Waals surface area contributed by atoms with Crippen molar-refractivity contribution in [2.75, 3.05) is 19.0 Å². The fourth-order valence-corrected chi connectivity index (χ4v) is 4.26. The van der Waals surface area contributed by atoms with Crippen LogP contribution in [-0.2, 0) is 6.54 Å². The van der Waals surface area contributed by atoms with Crippen molar-refractivity contribution in [2.45, 2.75) is 38.4 Å². The molecule has 1 fully saturated rings. The molecule has 162 valence electrons. The average molecular weight is 424 g/mol. The second-order valence-corrected chi connectivity index (χ2v) is 7.92. The summed E-state index contributed by atoms with van der Waals surface area (Å²) < 4.78 is 33.1. The van der Waals surface area contributed by atoms with E-state index in [1.807, 2.05) is 18.2 Å². The largest absolute Gasteiger partial charge is 0.497 e. The van der Waals surface area contributed by atoms with E-state index in [0.717, 1.165) is 30.7 Å². The first kappa shape index (κ1) is 21.2. The Morgan fingerprint density at radius 1 is 1.13 bits per heavy atom. The molecule has 1 saturated heterocycles. The molecule has 4 rings (SSSR count). The molecule has 0 radical (unpaired) electrons. The van der Waals surface area contributed by atoms with Crippen LogP contribution in [0, 0.1) is 11.6 Å². The molecule has 1 aromatic heterocycles. The molecule has 31 heavy (non-hydrogen) atoms. The number of halogens is 2. The first-order chi connectivity index (χ1) is 15.0. The van der Waals surface area contributed by atoms with E-state index in [-0.39, 0.29) is 23.7 Å². The predicted molar refractivity (Wildman–Crippen MR) is 118 cm³/mol. The second-order valence-electron chi connectivity index (χ2n) is 7.92. The predicted octanol–water partition coefficient (Wildman–Crippen LogP) is 5.88. The number of pyridine rings is 1. The van der Waals surface area contributed by atoms with Crippen LogP contribution in [0.1, 0.15) is 48.5 Å². The molecule has 6 heteroatoms. The first-order valence-corrected chi connectivity index (χ1v) is 10.6. The summed E-state index contributed by atoms with van der Waals surface area (Å²) in [5.74, 6) is 0.889. The molecule has 2 heterocycles. The number of nitrogens with zero attached hydrogens (tertiary/aromatic N) is 2. The van der Waals surface area contributed by atoms with Gasteiger partial charge in [0.15, 0.2) is 0 Å². The molecule has 1 aliphatic rings. The topological polar surface area (TPSA) is 37.4 Å². The van der Waals surface area contributed by atoms with Crippen molar-refractivity contribution in [3.8, 4) is 5.75 Å². The molecule has 0 spiro atoms. The van der Waals surface area contributed by atoms with Crippen LogP contribution in [0.2, 0.25) is 0 Å². The Balaban J connectivity index is 1.51. The molecular weight excluding hydrogens is 396 g/mol. The van der Waals surface area contributed by atoms with Crippen molar-refractivity contribution in [1.29, 1.82) is 0 Å². The van der Waals surface area contributed by atoms with Gasteiger partial charge in [0, 0.05) is 24.2 Å². The van der Waals surface area contributed by atoms with Gasteiger partial charge in [0.25, 0.3) is 0 Å². The molecule has 2 aromatic carbocycles. The van der Waals surface area contributed by atoms with Gasteiger partial charge >= 0.3 is 0 Å². The van der Waals surface area contributed by atoms with Crippen LogP contribution in [0.25, 0.3) is 0 Å². The van der Waals surface area contributed by atoms with Gasteiger partial charge in [-0.2, -0.15) is 0 Å². The Hall–Kier alpha value is -2.99. The van der Waals surface area contributed by atoms with Crippen LogP contribution < -0.4 is 10.1 Å². The van der Waals surface area contributed by atoms with E-state index in [0.29, 0.717) is 17.9 Å². The summed E-state index contributed by atoms with van der Waals surface area (Å²) in [5, 5.41) is 3.23. The van der Waals surface area contributed by atoms with Crippen LogP contribution in [0.15, 0.2) is 60.8 Å². The molecule has 0 aliphatic carbocycles. The number of anilines is 1. The normalized spacial score (nSPS) is 17.5. The number of aromatic nitrogens is 1. The lowest BCUT2D eigenvalue weighted by Crippen LogP contribution is -2.27. The van der Waals surface area contributed by atoms with E-state index in [2.05, 4.69) is 34.3 Å². The van der Waals surface area contributed by atoms with E-state index >= 15 is 0 Å². The maximum absolute atomic E-state index is 14.8. The molecule has 1 N–H and O–H groups in total. The zero-order valence-corrected chi connectivity index (χ0v) is 17.8. The SMILES string of the molecule is COc1ccc([C@H](C)N2CCCC2c2cc(NCc3ccc(F)cc3)ncc2F)cc1. The van der Waals surface area contributed by atoms with Crippen LogP contribution in [-0.4, -0.2) is 23.5 Å². The number of likely N-dealkylation sites (tertiary alicyclic amines) is 1. The van der Waals surface area contributed by atoms with Gasteiger partial charge in [0.2, 0.25) is 0 Å². The minimum absolute atomic E-state index is 0.00790. The van der Waals surface area contributed by atoms with Gasteiger partial charge in [0.1, 0.15) is 23.2 Å². The van der Waals surface area contributed by atoms with Crippen molar-refractivity contribution in [1.82, 2.24) is 9.88 Å². The molecule has 0 bridgehead atoms. The van der Waals surface area contributed by atoms with Crippen LogP contribution in [0.4, 0.5) is 14.6 Å². The number of methoxy groups -OCH3 is 1. The lowest BCUT2D eigenvalue weighted by atomic mass is 10.0. The van der Waals surface area contributed by atoms with Crippen molar-refractivity contribution in [3.63, 3.8) is 0 Å². The quantitative estimate of drug-likeness (QED) is 0.515. The Morgan fingerprint density at radius 2 is 1.87 bits per heavy atom. The Morgan fingerprint density at radius 3 is 2.58 bits per heavy atom. The summed E-state index contributed by atoms with van der Waals surface area (Å²) in [5.41, 5.74) is 2.77. The van der Waals surface area contributed by atoms with Gasteiger partial charge in [-0.25, -0.2) is 13.8 Å². The summed E-state index contributed by atoms with van der Waals surface area (Å²) in [6.07, 6.45) is 3.21. The number of hydrogen-bond acceptors (Lipinski definition) is 4. The molecule has 1 unspecified atom stereocenters. The summed E-state index contributed by atoms with van der Waals surface area (Å²) >= 11 is 0. The molecule has 3 aromatic rings. The number of nitrogens with one attached hydrogen (secondary N) is 1. The van der Waals surface area contributed by atoms with Gasteiger partial charge in [-0.3, -0.25) is 4.90 Å². The Kier molecular flexibility index (Phi) is 6.47. The Bertz CT molecular complexity index is 1010. The van der Waals surface area contributed by atoms with E-state index in [9.17, 15) is 8.78 Å². The monoisotopic (exact) mass is 423 g/mol. The van der Waals surface area contributed by atoms with Crippen molar-refractivity contribution < 1.29 is 13.5 Å². The number of ether oxygens (including phenoxy) is 1. The van der Waals surface area contributed by atoms with E-state index in [1.165, 1.54) is 23.9 Å². The molecule has 0 saturated carbocycles. The van der Waals surface area contributed by atoms with Gasteiger partial charge in [-0.15, -0.1) is 0 Å². The van der Waals surface area contributed by atoms with Crippen molar-refractivity contribution >= 4 is 5.82 Å². The van der Waals surface area contributed by atoms with E-state index in [1.54, 1.807) is 19.2 Å². The minimum Gasteiger partial charge on any atom is -0.497 e. The number of benzene rings is 2. The zero-order valence-electron chi connectivity index (χ0n) is 17.8. The Labute approximate surface area is 181 Å². The smallest absolute Gasteiger partial charge is 0.146 e. The number of hydrogen-bond donors (Lipinski definition) is 1. The second kappa shape index (κ2) is 9.43. The van der Waals surface area contributed by atoms with Gasteiger partial charge in [-0.05, 0) is 67.8 Å². The van der Waals surface area contributed by atoms with Crippen LogP contribution >= 0.6 is 0 Å². The lowest BCUT2D eigenvalue weighted by Gasteiger charge is -2.31. The third-order valence-electron chi connectivity index (χ3n) is 6.02. The van der Waals surface area contributed by atoms with Crippen molar-refractivity contribution in [3.05, 3.63) is 89.1 Å².